The number of rotatable bonds is 5. The number of hydrogen-bond donors (Lipinski definition) is 2. The van der Waals surface area contributed by atoms with Gasteiger partial charge in [-0.05, 0) is 38.5 Å². The zero-order valence-electron chi connectivity index (χ0n) is 14.6. The van der Waals surface area contributed by atoms with E-state index in [4.69, 9.17) is 5.73 Å². The summed E-state index contributed by atoms with van der Waals surface area (Å²) in [6.45, 7) is 4.55. The number of nitrogens with one attached hydrogen (secondary N) is 1. The summed E-state index contributed by atoms with van der Waals surface area (Å²) in [6, 6.07) is 4.09. The molecule has 136 valence electrons. The molecular weight excluding hydrogens is 340 g/mol. The molecule has 0 aromatic carbocycles. The molecular formula is C18H19F2N5O. The number of anilines is 1. The SMILES string of the molecule is CC(Nc1c(C(N)=O)cnn2cc(-c3ccnc(F)c3)cc12)C(C)(C)F. The molecule has 0 spiro atoms. The Morgan fingerprint density at radius 1 is 1.35 bits per heavy atom. The van der Waals surface area contributed by atoms with Crippen LogP contribution in [0.5, 0.6) is 0 Å². The minimum absolute atomic E-state index is 0.152. The van der Waals surface area contributed by atoms with Gasteiger partial charge in [-0.2, -0.15) is 9.49 Å². The van der Waals surface area contributed by atoms with Crippen molar-refractivity contribution in [1.29, 1.82) is 0 Å². The molecule has 26 heavy (non-hydrogen) atoms. The van der Waals surface area contributed by atoms with Gasteiger partial charge in [0.25, 0.3) is 5.91 Å². The van der Waals surface area contributed by atoms with Gasteiger partial charge in [0.1, 0.15) is 5.67 Å². The molecule has 1 unspecified atom stereocenters. The van der Waals surface area contributed by atoms with E-state index in [0.717, 1.165) is 0 Å². The molecule has 1 atom stereocenters. The predicted octanol–water partition coefficient (Wildman–Crippen LogP) is 3.18. The van der Waals surface area contributed by atoms with E-state index in [0.29, 0.717) is 22.3 Å². The van der Waals surface area contributed by atoms with Crippen molar-refractivity contribution in [2.45, 2.75) is 32.5 Å². The maximum atomic E-state index is 14.3. The first-order valence-corrected chi connectivity index (χ1v) is 8.05. The number of primary amides is 1. The van der Waals surface area contributed by atoms with E-state index in [2.05, 4.69) is 15.4 Å². The molecule has 3 rings (SSSR count). The number of nitrogens with zero attached hydrogens (tertiary/aromatic N) is 3. The van der Waals surface area contributed by atoms with Crippen LogP contribution in [-0.4, -0.2) is 32.2 Å². The molecule has 0 saturated heterocycles. The summed E-state index contributed by atoms with van der Waals surface area (Å²) >= 11 is 0. The van der Waals surface area contributed by atoms with Gasteiger partial charge in [-0.15, -0.1) is 0 Å². The quantitative estimate of drug-likeness (QED) is 0.685. The molecule has 3 aromatic rings. The zero-order chi connectivity index (χ0) is 19.1. The molecule has 8 heteroatoms. The van der Waals surface area contributed by atoms with Gasteiger partial charge in [-0.1, -0.05) is 0 Å². The minimum Gasteiger partial charge on any atom is -0.377 e. The number of carbonyl (C=O) groups excluding carboxylic acids is 1. The van der Waals surface area contributed by atoms with Gasteiger partial charge >= 0.3 is 0 Å². The molecule has 0 radical (unpaired) electrons. The molecule has 0 fully saturated rings. The van der Waals surface area contributed by atoms with Crippen LogP contribution in [0.1, 0.15) is 31.1 Å². The van der Waals surface area contributed by atoms with Crippen molar-refractivity contribution < 1.29 is 13.6 Å². The van der Waals surface area contributed by atoms with Crippen LogP contribution in [0.15, 0.2) is 36.8 Å². The number of hydrogen-bond acceptors (Lipinski definition) is 4. The van der Waals surface area contributed by atoms with Gasteiger partial charge < -0.3 is 11.1 Å². The fourth-order valence-electron chi connectivity index (χ4n) is 2.52. The lowest BCUT2D eigenvalue weighted by atomic mass is 10.0. The Kier molecular flexibility index (Phi) is 4.35. The van der Waals surface area contributed by atoms with E-state index >= 15 is 0 Å². The molecule has 0 bridgehead atoms. The third kappa shape index (κ3) is 3.35. The molecule has 0 aliphatic heterocycles. The lowest BCUT2D eigenvalue weighted by Gasteiger charge is -2.26. The van der Waals surface area contributed by atoms with E-state index in [1.165, 1.54) is 36.8 Å². The smallest absolute Gasteiger partial charge is 0.252 e. The van der Waals surface area contributed by atoms with Crippen LogP contribution in [0.2, 0.25) is 0 Å². The summed E-state index contributed by atoms with van der Waals surface area (Å²) in [5.74, 6) is -1.28. The van der Waals surface area contributed by atoms with Crippen molar-refractivity contribution in [3.63, 3.8) is 0 Å². The Morgan fingerprint density at radius 3 is 2.69 bits per heavy atom. The van der Waals surface area contributed by atoms with Gasteiger partial charge in [0.15, 0.2) is 0 Å². The minimum atomic E-state index is -1.53. The molecule has 6 nitrogen and oxygen atoms in total. The Balaban J connectivity index is 2.16. The molecule has 3 heterocycles. The first-order valence-electron chi connectivity index (χ1n) is 8.05. The number of halogens is 2. The number of aromatic nitrogens is 3. The summed E-state index contributed by atoms with van der Waals surface area (Å²) in [5.41, 5.74) is 6.27. The highest BCUT2D eigenvalue weighted by Gasteiger charge is 2.27. The average Bonchev–Trinajstić information content (AvgIpc) is 2.98. The van der Waals surface area contributed by atoms with Gasteiger partial charge in [0, 0.05) is 24.0 Å². The highest BCUT2D eigenvalue weighted by atomic mass is 19.1. The maximum absolute atomic E-state index is 14.3. The number of amides is 1. The largest absolute Gasteiger partial charge is 0.377 e. The lowest BCUT2D eigenvalue weighted by molar-refractivity contribution is 0.1000. The van der Waals surface area contributed by atoms with Crippen molar-refractivity contribution in [2.24, 2.45) is 5.73 Å². The van der Waals surface area contributed by atoms with Crippen molar-refractivity contribution in [3.05, 3.63) is 48.3 Å². The van der Waals surface area contributed by atoms with Gasteiger partial charge in [-0.3, -0.25) is 4.79 Å². The monoisotopic (exact) mass is 359 g/mol. The zero-order valence-corrected chi connectivity index (χ0v) is 14.6. The topological polar surface area (TPSA) is 85.3 Å². The predicted molar refractivity (Wildman–Crippen MR) is 95.2 cm³/mol. The first kappa shape index (κ1) is 17.8. The molecule has 0 aliphatic rings. The molecule has 3 N–H and O–H groups in total. The van der Waals surface area contributed by atoms with Crippen molar-refractivity contribution >= 4 is 17.1 Å². The van der Waals surface area contributed by atoms with Gasteiger partial charge in [0.2, 0.25) is 5.95 Å². The van der Waals surface area contributed by atoms with E-state index < -0.39 is 23.6 Å². The lowest BCUT2D eigenvalue weighted by Crippen LogP contribution is -2.36. The standard InChI is InChI=1S/C18H19F2N5O/c1-10(18(2,3)20)24-16-13(17(21)26)8-23-25-9-12(6-14(16)25)11-4-5-22-15(19)7-11/h4-10,24H,1-3H3,(H2,21,26). The van der Waals surface area contributed by atoms with E-state index in [9.17, 15) is 13.6 Å². The fourth-order valence-corrected chi connectivity index (χ4v) is 2.52. The Bertz CT molecular complexity index is 977. The second-order valence-corrected chi connectivity index (χ2v) is 6.65. The number of nitrogens with two attached hydrogens (primary N) is 1. The summed E-state index contributed by atoms with van der Waals surface area (Å²) < 4.78 is 29.2. The normalized spacial score (nSPS) is 13.0. The van der Waals surface area contributed by atoms with Crippen LogP contribution < -0.4 is 11.1 Å². The molecule has 3 aromatic heterocycles. The fraction of sp³-hybridized carbons (Fsp3) is 0.278. The van der Waals surface area contributed by atoms with E-state index in [-0.39, 0.29) is 5.56 Å². The second-order valence-electron chi connectivity index (χ2n) is 6.65. The van der Waals surface area contributed by atoms with Crippen molar-refractivity contribution in [1.82, 2.24) is 14.6 Å². The Labute approximate surface area is 149 Å². The average molecular weight is 359 g/mol. The molecule has 0 aliphatic carbocycles. The van der Waals surface area contributed by atoms with E-state index in [1.54, 1.807) is 25.3 Å². The van der Waals surface area contributed by atoms with Gasteiger partial charge in [-0.25, -0.2) is 13.9 Å². The second kappa shape index (κ2) is 6.36. The van der Waals surface area contributed by atoms with Crippen molar-refractivity contribution in [2.75, 3.05) is 5.32 Å². The number of carbonyl (C=O) groups is 1. The van der Waals surface area contributed by atoms with Gasteiger partial charge in [0.05, 0.1) is 29.0 Å². The summed E-state index contributed by atoms with van der Waals surface area (Å²) in [7, 11) is 0. The highest BCUT2D eigenvalue weighted by molar-refractivity contribution is 6.02. The van der Waals surface area contributed by atoms with Crippen LogP contribution in [0.4, 0.5) is 14.5 Å². The Hall–Kier alpha value is -3.03. The van der Waals surface area contributed by atoms with Crippen molar-refractivity contribution in [3.8, 4) is 11.1 Å². The third-order valence-electron chi connectivity index (χ3n) is 4.35. The van der Waals surface area contributed by atoms with Crippen LogP contribution in [0.25, 0.3) is 16.6 Å². The van der Waals surface area contributed by atoms with E-state index in [1.807, 2.05) is 0 Å². The molecule has 1 amide bonds. The number of alkyl halides is 1. The summed E-state index contributed by atoms with van der Waals surface area (Å²) in [6.07, 6.45) is 4.37. The Morgan fingerprint density at radius 2 is 2.08 bits per heavy atom. The number of pyridine rings is 1. The summed E-state index contributed by atoms with van der Waals surface area (Å²) in [4.78, 5) is 15.3. The van der Waals surface area contributed by atoms with Crippen LogP contribution >= 0.6 is 0 Å². The highest BCUT2D eigenvalue weighted by Crippen LogP contribution is 2.30. The van der Waals surface area contributed by atoms with Crippen LogP contribution in [0.3, 0.4) is 0 Å². The van der Waals surface area contributed by atoms with Crippen LogP contribution in [0, 0.1) is 5.95 Å². The summed E-state index contributed by atoms with van der Waals surface area (Å²) in [5, 5.41) is 7.20. The molecule has 0 saturated carbocycles. The third-order valence-corrected chi connectivity index (χ3v) is 4.35. The maximum Gasteiger partial charge on any atom is 0.252 e. The first-order chi connectivity index (χ1) is 12.2. The van der Waals surface area contributed by atoms with Crippen LogP contribution in [-0.2, 0) is 0 Å². The number of fused-ring (bicyclic) bond motifs is 1.